The summed E-state index contributed by atoms with van der Waals surface area (Å²) in [6, 6.07) is 17.2. The van der Waals surface area contributed by atoms with Gasteiger partial charge in [-0.25, -0.2) is 13.4 Å². The molecule has 0 fully saturated rings. The van der Waals surface area contributed by atoms with Crippen LogP contribution in [0.4, 0.5) is 10.8 Å². The first-order valence-corrected chi connectivity index (χ1v) is 12.5. The first kappa shape index (κ1) is 22.9. The Bertz CT molecular complexity index is 1140. The fourth-order valence-electron chi connectivity index (χ4n) is 3.00. The molecular weight excluding hydrogens is 436 g/mol. The van der Waals surface area contributed by atoms with E-state index in [9.17, 15) is 13.2 Å². The number of aliphatic hydroxyl groups is 1. The van der Waals surface area contributed by atoms with E-state index >= 15 is 0 Å². The topological polar surface area (TPSA) is 96.8 Å². The maximum absolute atomic E-state index is 12.5. The Morgan fingerprint density at radius 2 is 1.90 bits per heavy atom. The number of aromatic nitrogens is 1. The second-order valence-corrected chi connectivity index (χ2v) is 10.4. The lowest BCUT2D eigenvalue weighted by atomic mass is 10.2. The van der Waals surface area contributed by atoms with Gasteiger partial charge in [-0.05, 0) is 24.6 Å². The third kappa shape index (κ3) is 6.36. The fraction of sp³-hybridized carbons (Fsp3) is 0.273. The van der Waals surface area contributed by atoms with Crippen LogP contribution in [0.1, 0.15) is 20.9 Å². The van der Waals surface area contributed by atoms with E-state index in [0.717, 1.165) is 17.5 Å². The zero-order valence-corrected chi connectivity index (χ0v) is 18.9. The molecule has 0 saturated carbocycles. The van der Waals surface area contributed by atoms with Crippen LogP contribution in [0, 0.1) is 6.92 Å². The molecule has 0 aliphatic heterocycles. The summed E-state index contributed by atoms with van der Waals surface area (Å²) in [4.78, 5) is 19.6. The number of rotatable bonds is 10. The molecule has 7 nitrogen and oxygen atoms in total. The lowest BCUT2D eigenvalue weighted by Crippen LogP contribution is -2.18. The Balaban J connectivity index is 1.99. The molecule has 1 aromatic heterocycles. The normalized spacial score (nSPS) is 11.3. The van der Waals surface area contributed by atoms with E-state index in [4.69, 9.17) is 9.84 Å². The number of carbonyl (C=O) groups is 1. The van der Waals surface area contributed by atoms with Crippen LogP contribution < -0.4 is 9.64 Å². The standard InChI is InChI=1S/C22H24N2O5S2/c1-16-21(20(26)15-31(2,27)28)23-22(30-16)24(14-17-7-4-3-5-8-17)18-9-6-10-19(13-18)29-12-11-25/h3-10,13,25H,11-12,14-15H2,1-2H3. The van der Waals surface area contributed by atoms with Crippen molar-refractivity contribution in [3.8, 4) is 5.75 Å². The Morgan fingerprint density at radius 3 is 2.58 bits per heavy atom. The van der Waals surface area contributed by atoms with E-state index in [1.54, 1.807) is 13.0 Å². The molecular formula is C22H24N2O5S2. The van der Waals surface area contributed by atoms with Gasteiger partial charge in [-0.3, -0.25) is 4.79 Å². The molecule has 9 heteroatoms. The SMILES string of the molecule is Cc1sc(N(Cc2ccccc2)c2cccc(OCCO)c2)nc1C(=O)CS(C)(=O)=O. The van der Waals surface area contributed by atoms with Gasteiger partial charge in [0.25, 0.3) is 0 Å². The van der Waals surface area contributed by atoms with Gasteiger partial charge in [0.05, 0.1) is 13.2 Å². The highest BCUT2D eigenvalue weighted by atomic mass is 32.2. The van der Waals surface area contributed by atoms with Gasteiger partial charge in [-0.2, -0.15) is 0 Å². The Labute approximate surface area is 185 Å². The number of benzene rings is 2. The van der Waals surface area contributed by atoms with E-state index < -0.39 is 21.4 Å². The van der Waals surface area contributed by atoms with E-state index in [2.05, 4.69) is 4.98 Å². The molecule has 0 spiro atoms. The van der Waals surface area contributed by atoms with Crippen molar-refractivity contribution in [1.82, 2.24) is 4.98 Å². The van der Waals surface area contributed by atoms with E-state index in [-0.39, 0.29) is 18.9 Å². The molecule has 1 N–H and O–H groups in total. The molecule has 2 aromatic carbocycles. The number of hydrogen-bond donors (Lipinski definition) is 1. The van der Waals surface area contributed by atoms with Crippen molar-refractivity contribution in [2.75, 3.05) is 30.1 Å². The van der Waals surface area contributed by atoms with Crippen molar-refractivity contribution < 1.29 is 23.1 Å². The molecule has 0 atom stereocenters. The quantitative estimate of drug-likeness (QED) is 0.463. The zero-order chi connectivity index (χ0) is 22.4. The lowest BCUT2D eigenvalue weighted by Gasteiger charge is -2.23. The van der Waals surface area contributed by atoms with Gasteiger partial charge in [-0.1, -0.05) is 36.4 Å². The van der Waals surface area contributed by atoms with Gasteiger partial charge in [0.15, 0.2) is 20.8 Å². The average Bonchev–Trinajstić information content (AvgIpc) is 3.12. The van der Waals surface area contributed by atoms with Crippen LogP contribution in [-0.4, -0.2) is 49.5 Å². The molecule has 31 heavy (non-hydrogen) atoms. The number of thiazole rings is 1. The Kier molecular flexibility index (Phi) is 7.42. The summed E-state index contributed by atoms with van der Waals surface area (Å²) >= 11 is 1.33. The molecule has 0 unspecified atom stereocenters. The lowest BCUT2D eigenvalue weighted by molar-refractivity contribution is 0.101. The number of ketones is 1. The number of ether oxygens (including phenoxy) is 1. The fourth-order valence-corrected chi connectivity index (χ4v) is 4.56. The van der Waals surface area contributed by atoms with E-state index in [1.807, 2.05) is 53.4 Å². The summed E-state index contributed by atoms with van der Waals surface area (Å²) in [7, 11) is -3.45. The molecule has 0 radical (unpaired) electrons. The van der Waals surface area contributed by atoms with Crippen molar-refractivity contribution in [3.05, 3.63) is 70.7 Å². The van der Waals surface area contributed by atoms with Crippen LogP contribution in [0.15, 0.2) is 54.6 Å². The number of carbonyl (C=O) groups excluding carboxylic acids is 1. The first-order valence-electron chi connectivity index (χ1n) is 9.60. The van der Waals surface area contributed by atoms with Crippen LogP contribution in [0.3, 0.4) is 0 Å². The largest absolute Gasteiger partial charge is 0.491 e. The monoisotopic (exact) mass is 460 g/mol. The van der Waals surface area contributed by atoms with Crippen LogP contribution in [0.5, 0.6) is 5.75 Å². The number of nitrogens with zero attached hydrogens (tertiary/aromatic N) is 2. The summed E-state index contributed by atoms with van der Waals surface area (Å²) in [5.41, 5.74) is 2.02. The number of hydrogen-bond acceptors (Lipinski definition) is 8. The molecule has 164 valence electrons. The summed E-state index contributed by atoms with van der Waals surface area (Å²) in [6.45, 7) is 2.35. The molecule has 0 aliphatic rings. The maximum atomic E-state index is 12.5. The van der Waals surface area contributed by atoms with E-state index in [0.29, 0.717) is 22.3 Å². The highest BCUT2D eigenvalue weighted by Gasteiger charge is 2.23. The van der Waals surface area contributed by atoms with Crippen LogP contribution in [0.25, 0.3) is 0 Å². The molecule has 0 amide bonds. The molecule has 3 rings (SSSR count). The second-order valence-electron chi connectivity index (χ2n) is 7.04. The molecule has 0 aliphatic carbocycles. The minimum absolute atomic E-state index is 0.0879. The third-order valence-corrected chi connectivity index (χ3v) is 6.13. The first-order chi connectivity index (χ1) is 14.8. The molecule has 0 saturated heterocycles. The van der Waals surface area contributed by atoms with Crippen LogP contribution in [0.2, 0.25) is 0 Å². The summed E-state index contributed by atoms with van der Waals surface area (Å²) in [5, 5.41) is 9.61. The number of Topliss-reactive ketones (excluding diaryl/α,β-unsaturated/α-hetero) is 1. The van der Waals surface area contributed by atoms with Crippen molar-refractivity contribution in [2.45, 2.75) is 13.5 Å². The number of aliphatic hydroxyl groups excluding tert-OH is 1. The second kappa shape index (κ2) is 10.0. The summed E-state index contributed by atoms with van der Waals surface area (Å²) < 4.78 is 28.7. The highest BCUT2D eigenvalue weighted by Crippen LogP contribution is 2.34. The van der Waals surface area contributed by atoms with Crippen LogP contribution in [-0.2, 0) is 16.4 Å². The van der Waals surface area contributed by atoms with Crippen molar-refractivity contribution in [1.29, 1.82) is 0 Å². The number of sulfone groups is 1. The number of anilines is 2. The van der Waals surface area contributed by atoms with Gasteiger partial charge in [-0.15, -0.1) is 11.3 Å². The Hall–Kier alpha value is -2.75. The number of aryl methyl sites for hydroxylation is 1. The van der Waals surface area contributed by atoms with Crippen molar-refractivity contribution in [3.63, 3.8) is 0 Å². The van der Waals surface area contributed by atoms with Gasteiger partial charge >= 0.3 is 0 Å². The summed E-state index contributed by atoms with van der Waals surface area (Å²) in [5.74, 6) is -0.478. The zero-order valence-electron chi connectivity index (χ0n) is 17.3. The predicted octanol–water partition coefficient (Wildman–Crippen LogP) is 3.39. The third-order valence-electron chi connectivity index (χ3n) is 4.35. The minimum Gasteiger partial charge on any atom is -0.491 e. The van der Waals surface area contributed by atoms with Crippen LogP contribution >= 0.6 is 11.3 Å². The van der Waals surface area contributed by atoms with Crippen molar-refractivity contribution in [2.24, 2.45) is 0 Å². The van der Waals surface area contributed by atoms with Gasteiger partial charge in [0.1, 0.15) is 23.8 Å². The molecule has 1 heterocycles. The highest BCUT2D eigenvalue weighted by molar-refractivity contribution is 7.91. The van der Waals surface area contributed by atoms with Crippen molar-refractivity contribution >= 4 is 37.8 Å². The van der Waals surface area contributed by atoms with E-state index in [1.165, 1.54) is 11.3 Å². The van der Waals surface area contributed by atoms with Gasteiger partial charge in [0, 0.05) is 22.9 Å². The summed E-state index contributed by atoms with van der Waals surface area (Å²) in [6.07, 6.45) is 1.03. The average molecular weight is 461 g/mol. The Morgan fingerprint density at radius 1 is 1.16 bits per heavy atom. The van der Waals surface area contributed by atoms with Gasteiger partial charge in [0.2, 0.25) is 0 Å². The minimum atomic E-state index is -3.45. The molecule has 3 aromatic rings. The smallest absolute Gasteiger partial charge is 0.197 e. The van der Waals surface area contributed by atoms with Gasteiger partial charge < -0.3 is 14.7 Å². The molecule has 0 bridgehead atoms. The maximum Gasteiger partial charge on any atom is 0.197 e. The predicted molar refractivity (Wildman–Crippen MR) is 122 cm³/mol.